The molecule has 2 aromatic heterocycles. The number of aryl methyl sites for hydroxylation is 1. The summed E-state index contributed by atoms with van der Waals surface area (Å²) in [6.07, 6.45) is 6.01. The van der Waals surface area contributed by atoms with E-state index in [-0.39, 0.29) is 5.91 Å². The number of carbonyl (C=O) groups is 1. The van der Waals surface area contributed by atoms with Gasteiger partial charge in [0.15, 0.2) is 0 Å². The lowest BCUT2D eigenvalue weighted by Crippen LogP contribution is -2.07. The Balaban J connectivity index is 1.45. The second kappa shape index (κ2) is 7.43. The number of furan rings is 1. The van der Waals surface area contributed by atoms with Crippen molar-refractivity contribution in [3.63, 3.8) is 0 Å². The van der Waals surface area contributed by atoms with Crippen LogP contribution in [0.3, 0.4) is 0 Å². The number of nitrogens with one attached hydrogen (secondary N) is 1. The minimum atomic E-state index is -0.282. The van der Waals surface area contributed by atoms with Gasteiger partial charge in [-0.1, -0.05) is 11.6 Å². The minimum absolute atomic E-state index is 0.282. The third-order valence-corrected chi connectivity index (χ3v) is 5.88. The summed E-state index contributed by atoms with van der Waals surface area (Å²) in [6.45, 7) is 0. The summed E-state index contributed by atoms with van der Waals surface area (Å²) in [5, 5.41) is 13.5. The SMILES string of the molecule is N#Cc1c(NC(=O)/C=C/c2ccc(-c3ccc(Cl)cc3)o2)sc2c1CCC2. The number of carbonyl (C=O) groups excluding carboxylic acids is 1. The number of halogens is 1. The van der Waals surface area contributed by atoms with E-state index in [0.717, 1.165) is 30.4 Å². The lowest BCUT2D eigenvalue weighted by Gasteiger charge is -2.00. The molecule has 0 saturated heterocycles. The highest BCUT2D eigenvalue weighted by atomic mass is 35.5. The van der Waals surface area contributed by atoms with Crippen molar-refractivity contribution >= 4 is 39.9 Å². The molecule has 0 spiro atoms. The molecule has 0 fully saturated rings. The van der Waals surface area contributed by atoms with E-state index in [2.05, 4.69) is 11.4 Å². The van der Waals surface area contributed by atoms with Crippen LogP contribution in [-0.2, 0) is 17.6 Å². The first-order valence-corrected chi connectivity index (χ1v) is 9.73. The number of thiophene rings is 1. The van der Waals surface area contributed by atoms with E-state index in [1.807, 2.05) is 18.2 Å². The maximum Gasteiger partial charge on any atom is 0.249 e. The number of benzene rings is 1. The van der Waals surface area contributed by atoms with Crippen LogP contribution in [0.1, 0.15) is 28.2 Å². The quantitative estimate of drug-likeness (QED) is 0.579. The van der Waals surface area contributed by atoms with Crippen molar-refractivity contribution in [1.29, 1.82) is 5.26 Å². The van der Waals surface area contributed by atoms with Gasteiger partial charge in [-0.2, -0.15) is 5.26 Å². The Kier molecular flexibility index (Phi) is 4.85. The Morgan fingerprint density at radius 2 is 2.04 bits per heavy atom. The fourth-order valence-electron chi connectivity index (χ4n) is 3.13. The number of hydrogen-bond acceptors (Lipinski definition) is 4. The van der Waals surface area contributed by atoms with Gasteiger partial charge in [0.2, 0.25) is 5.91 Å². The van der Waals surface area contributed by atoms with Crippen molar-refractivity contribution in [3.05, 3.63) is 69.3 Å². The van der Waals surface area contributed by atoms with Gasteiger partial charge in [0.25, 0.3) is 0 Å². The summed E-state index contributed by atoms with van der Waals surface area (Å²) >= 11 is 7.40. The molecule has 27 heavy (non-hydrogen) atoms. The molecule has 6 heteroatoms. The molecule has 4 rings (SSSR count). The number of hydrogen-bond donors (Lipinski definition) is 1. The molecule has 0 aliphatic heterocycles. The normalized spacial score (nSPS) is 12.9. The molecule has 2 heterocycles. The highest BCUT2D eigenvalue weighted by Gasteiger charge is 2.22. The molecule has 1 N–H and O–H groups in total. The van der Waals surface area contributed by atoms with Gasteiger partial charge in [0.1, 0.15) is 22.6 Å². The Morgan fingerprint density at radius 3 is 2.81 bits per heavy atom. The summed E-state index contributed by atoms with van der Waals surface area (Å²) < 4.78 is 5.75. The number of amides is 1. The number of anilines is 1. The van der Waals surface area contributed by atoms with Crippen LogP contribution in [0.15, 0.2) is 46.9 Å². The fourth-order valence-corrected chi connectivity index (χ4v) is 4.50. The summed E-state index contributed by atoms with van der Waals surface area (Å²) in [5.41, 5.74) is 2.62. The van der Waals surface area contributed by atoms with Gasteiger partial charge < -0.3 is 9.73 Å². The summed E-state index contributed by atoms with van der Waals surface area (Å²) in [4.78, 5) is 13.5. The molecule has 0 unspecified atom stereocenters. The van der Waals surface area contributed by atoms with Crippen LogP contribution in [0.5, 0.6) is 0 Å². The van der Waals surface area contributed by atoms with Gasteiger partial charge in [-0.25, -0.2) is 0 Å². The van der Waals surface area contributed by atoms with E-state index < -0.39 is 0 Å². The molecule has 1 aromatic carbocycles. The van der Waals surface area contributed by atoms with Crippen molar-refractivity contribution in [3.8, 4) is 17.4 Å². The molecular formula is C21H15ClN2O2S. The first-order chi connectivity index (χ1) is 13.1. The van der Waals surface area contributed by atoms with Crippen LogP contribution in [0.25, 0.3) is 17.4 Å². The van der Waals surface area contributed by atoms with Crippen LogP contribution in [0, 0.1) is 11.3 Å². The predicted octanol–water partition coefficient (Wildman–Crippen LogP) is 5.67. The van der Waals surface area contributed by atoms with Gasteiger partial charge in [0.05, 0.1) is 5.56 Å². The zero-order valence-corrected chi connectivity index (χ0v) is 15.9. The van der Waals surface area contributed by atoms with E-state index in [9.17, 15) is 10.1 Å². The summed E-state index contributed by atoms with van der Waals surface area (Å²) in [7, 11) is 0. The van der Waals surface area contributed by atoms with E-state index in [1.165, 1.54) is 22.3 Å². The summed E-state index contributed by atoms with van der Waals surface area (Å²) in [6, 6.07) is 13.2. The highest BCUT2D eigenvalue weighted by Crippen LogP contribution is 2.38. The molecule has 1 amide bonds. The fraction of sp³-hybridized carbons (Fsp3) is 0.143. The van der Waals surface area contributed by atoms with E-state index in [4.69, 9.17) is 16.0 Å². The number of fused-ring (bicyclic) bond motifs is 1. The first kappa shape index (κ1) is 17.6. The highest BCUT2D eigenvalue weighted by molar-refractivity contribution is 7.16. The average Bonchev–Trinajstić information content (AvgIpc) is 3.36. The van der Waals surface area contributed by atoms with Gasteiger partial charge in [-0.15, -0.1) is 11.3 Å². The van der Waals surface area contributed by atoms with Crippen molar-refractivity contribution in [2.24, 2.45) is 0 Å². The van der Waals surface area contributed by atoms with Crippen molar-refractivity contribution in [1.82, 2.24) is 0 Å². The molecule has 1 aliphatic carbocycles. The smallest absolute Gasteiger partial charge is 0.249 e. The Bertz CT molecular complexity index is 1070. The number of rotatable bonds is 4. The molecule has 3 aromatic rings. The average molecular weight is 395 g/mol. The molecule has 0 saturated carbocycles. The second-order valence-corrected chi connectivity index (χ2v) is 7.75. The minimum Gasteiger partial charge on any atom is -0.457 e. The monoisotopic (exact) mass is 394 g/mol. The van der Waals surface area contributed by atoms with E-state index in [1.54, 1.807) is 24.3 Å². The first-order valence-electron chi connectivity index (χ1n) is 8.53. The number of nitrogens with zero attached hydrogens (tertiary/aromatic N) is 1. The predicted molar refractivity (Wildman–Crippen MR) is 108 cm³/mol. The van der Waals surface area contributed by atoms with Crippen molar-refractivity contribution in [2.75, 3.05) is 5.32 Å². The maximum absolute atomic E-state index is 12.2. The Hall–Kier alpha value is -2.81. The molecule has 0 atom stereocenters. The standard InChI is InChI=1S/C21H15ClN2O2S/c22-14-6-4-13(5-7-14)18-10-8-15(26-18)9-11-20(25)24-21-17(12-23)16-2-1-3-19(16)27-21/h4-11H,1-3H2,(H,24,25)/b11-9+. The molecule has 1 aliphatic rings. The van der Waals surface area contributed by atoms with Crippen LogP contribution < -0.4 is 5.32 Å². The van der Waals surface area contributed by atoms with E-state index >= 15 is 0 Å². The number of nitriles is 1. The van der Waals surface area contributed by atoms with Crippen LogP contribution >= 0.6 is 22.9 Å². The molecule has 4 nitrogen and oxygen atoms in total. The van der Waals surface area contributed by atoms with Crippen molar-refractivity contribution < 1.29 is 9.21 Å². The van der Waals surface area contributed by atoms with Gasteiger partial charge in [-0.3, -0.25) is 4.79 Å². The van der Waals surface area contributed by atoms with Gasteiger partial charge >= 0.3 is 0 Å². The van der Waals surface area contributed by atoms with Crippen LogP contribution in [0.4, 0.5) is 5.00 Å². The molecule has 134 valence electrons. The zero-order valence-electron chi connectivity index (χ0n) is 14.3. The maximum atomic E-state index is 12.2. The second-order valence-electron chi connectivity index (χ2n) is 6.20. The van der Waals surface area contributed by atoms with Crippen LogP contribution in [-0.4, -0.2) is 5.91 Å². The third-order valence-electron chi connectivity index (χ3n) is 4.42. The molecule has 0 radical (unpaired) electrons. The van der Waals surface area contributed by atoms with Gasteiger partial charge in [0, 0.05) is 21.5 Å². The summed E-state index contributed by atoms with van der Waals surface area (Å²) in [5.74, 6) is 0.994. The zero-order chi connectivity index (χ0) is 18.8. The largest absolute Gasteiger partial charge is 0.457 e. The third kappa shape index (κ3) is 3.68. The lowest BCUT2D eigenvalue weighted by atomic mass is 10.1. The van der Waals surface area contributed by atoms with Crippen LogP contribution in [0.2, 0.25) is 5.02 Å². The Labute approximate surface area is 165 Å². The molecular weight excluding hydrogens is 380 g/mol. The van der Waals surface area contributed by atoms with E-state index in [0.29, 0.717) is 27.1 Å². The Morgan fingerprint density at radius 1 is 1.22 bits per heavy atom. The lowest BCUT2D eigenvalue weighted by molar-refractivity contribution is -0.111. The van der Waals surface area contributed by atoms with Gasteiger partial charge in [-0.05, 0) is 67.3 Å². The topological polar surface area (TPSA) is 66.0 Å². The molecule has 0 bridgehead atoms. The van der Waals surface area contributed by atoms with Crippen molar-refractivity contribution in [2.45, 2.75) is 19.3 Å².